The highest BCUT2D eigenvalue weighted by Crippen LogP contribution is 2.38. The average molecular weight is 353 g/mol. The van der Waals surface area contributed by atoms with Crippen LogP contribution in [0.1, 0.15) is 39.9 Å². The lowest BCUT2D eigenvalue weighted by atomic mass is 9.71. The lowest BCUT2D eigenvalue weighted by molar-refractivity contribution is -0.125. The van der Waals surface area contributed by atoms with Crippen LogP contribution in [0.3, 0.4) is 0 Å². The topological polar surface area (TPSA) is 75.6 Å². The Morgan fingerprint density at radius 3 is 2.38 bits per heavy atom. The van der Waals surface area contributed by atoms with Gasteiger partial charge in [0.2, 0.25) is 5.91 Å². The highest BCUT2D eigenvalue weighted by Gasteiger charge is 2.42. The second-order valence-electron chi connectivity index (χ2n) is 6.80. The summed E-state index contributed by atoms with van der Waals surface area (Å²) in [7, 11) is 0. The number of benzene rings is 2. The number of carbonyl (C=O) groups excluding carboxylic acids is 1. The van der Waals surface area contributed by atoms with Crippen LogP contribution in [0.15, 0.2) is 42.5 Å². The first-order valence-electron chi connectivity index (χ1n) is 8.73. The molecule has 2 aromatic carbocycles. The number of nitrogens with one attached hydrogen (secondary N) is 1. The molecule has 0 atom stereocenters. The number of ether oxygens (including phenoxy) is 1. The molecule has 136 valence electrons. The Hall–Kier alpha value is -2.66. The normalized spacial score (nSPS) is 16.1. The van der Waals surface area contributed by atoms with Crippen molar-refractivity contribution < 1.29 is 19.4 Å². The summed E-state index contributed by atoms with van der Waals surface area (Å²) in [4.78, 5) is 24.6. The first-order valence-corrected chi connectivity index (χ1v) is 8.73. The number of carbonyl (C=O) groups is 2. The number of hydrogen-bond acceptors (Lipinski definition) is 3. The molecule has 1 amide bonds. The predicted molar refractivity (Wildman–Crippen MR) is 99.7 cm³/mol. The Labute approximate surface area is 153 Å². The molecule has 3 rings (SSSR count). The minimum atomic E-state index is -1.01. The summed E-state index contributed by atoms with van der Waals surface area (Å²) in [6.07, 6.45) is 1.20. The zero-order chi connectivity index (χ0) is 18.7. The van der Waals surface area contributed by atoms with Gasteiger partial charge in [-0.2, -0.15) is 0 Å². The number of amides is 1. The summed E-state index contributed by atoms with van der Waals surface area (Å²) in [5, 5.41) is 12.2. The van der Waals surface area contributed by atoms with E-state index in [1.165, 1.54) is 6.07 Å². The van der Waals surface area contributed by atoms with Crippen LogP contribution in [-0.4, -0.2) is 30.2 Å². The van der Waals surface area contributed by atoms with Crippen LogP contribution in [0.25, 0.3) is 0 Å². The van der Waals surface area contributed by atoms with Crippen molar-refractivity contribution in [3.8, 4) is 0 Å². The number of aromatic carboxylic acids is 1. The van der Waals surface area contributed by atoms with Gasteiger partial charge >= 0.3 is 5.97 Å². The zero-order valence-corrected chi connectivity index (χ0v) is 15.0. The number of carboxylic acid groups (broad SMARTS) is 1. The SMILES string of the molecule is Cc1ccc(C(=O)O)cc1NC(=O)C1(c2ccccc2C)CCOCC1. The third kappa shape index (κ3) is 3.35. The van der Waals surface area contributed by atoms with Gasteiger partial charge in [-0.3, -0.25) is 4.79 Å². The standard InChI is InChI=1S/C21H23NO4/c1-14-5-3-4-6-17(14)21(9-11-26-12-10-21)20(25)22-18-13-16(19(23)24)8-7-15(18)2/h3-8,13H,9-12H2,1-2H3,(H,22,25)(H,23,24). The van der Waals surface area contributed by atoms with Crippen LogP contribution in [0, 0.1) is 13.8 Å². The third-order valence-corrected chi connectivity index (χ3v) is 5.17. The minimum Gasteiger partial charge on any atom is -0.478 e. The molecule has 1 aliphatic rings. The fourth-order valence-corrected chi connectivity index (χ4v) is 3.58. The van der Waals surface area contributed by atoms with E-state index in [0.29, 0.717) is 31.7 Å². The highest BCUT2D eigenvalue weighted by molar-refractivity contribution is 6.01. The molecule has 2 aromatic rings. The Morgan fingerprint density at radius 2 is 1.73 bits per heavy atom. The van der Waals surface area contributed by atoms with Crippen molar-refractivity contribution in [1.29, 1.82) is 0 Å². The molecule has 1 saturated heterocycles. The minimum absolute atomic E-state index is 0.110. The van der Waals surface area contributed by atoms with Crippen molar-refractivity contribution in [2.75, 3.05) is 18.5 Å². The Balaban J connectivity index is 1.99. The average Bonchev–Trinajstić information content (AvgIpc) is 2.64. The quantitative estimate of drug-likeness (QED) is 0.879. The van der Waals surface area contributed by atoms with Gasteiger partial charge in [-0.1, -0.05) is 30.3 Å². The largest absolute Gasteiger partial charge is 0.478 e. The molecule has 0 bridgehead atoms. The molecule has 0 saturated carbocycles. The van der Waals surface area contributed by atoms with Gasteiger partial charge in [0.15, 0.2) is 0 Å². The van der Waals surface area contributed by atoms with E-state index >= 15 is 0 Å². The number of rotatable bonds is 4. The van der Waals surface area contributed by atoms with Gasteiger partial charge in [-0.05, 0) is 55.5 Å². The first-order chi connectivity index (χ1) is 12.4. The molecular weight excluding hydrogens is 330 g/mol. The maximum absolute atomic E-state index is 13.4. The summed E-state index contributed by atoms with van der Waals surface area (Å²) in [6.45, 7) is 4.91. The van der Waals surface area contributed by atoms with Gasteiger partial charge in [-0.15, -0.1) is 0 Å². The molecule has 0 spiro atoms. The van der Waals surface area contributed by atoms with E-state index in [1.807, 2.05) is 38.1 Å². The van der Waals surface area contributed by atoms with Crippen LogP contribution >= 0.6 is 0 Å². The molecule has 1 fully saturated rings. The van der Waals surface area contributed by atoms with Crippen LogP contribution in [-0.2, 0) is 14.9 Å². The predicted octanol–water partition coefficient (Wildman–Crippen LogP) is 3.69. The maximum atomic E-state index is 13.4. The van der Waals surface area contributed by atoms with Gasteiger partial charge in [0.05, 0.1) is 11.0 Å². The van der Waals surface area contributed by atoms with E-state index in [2.05, 4.69) is 5.32 Å². The van der Waals surface area contributed by atoms with Crippen molar-refractivity contribution in [1.82, 2.24) is 0 Å². The summed E-state index contributed by atoms with van der Waals surface area (Å²) in [6, 6.07) is 12.7. The monoisotopic (exact) mass is 353 g/mol. The molecule has 1 heterocycles. The van der Waals surface area contributed by atoms with Crippen molar-refractivity contribution in [3.63, 3.8) is 0 Å². The van der Waals surface area contributed by atoms with Crippen molar-refractivity contribution in [3.05, 3.63) is 64.7 Å². The van der Waals surface area contributed by atoms with E-state index in [1.54, 1.807) is 12.1 Å². The van der Waals surface area contributed by atoms with Crippen LogP contribution in [0.5, 0.6) is 0 Å². The van der Waals surface area contributed by atoms with E-state index < -0.39 is 11.4 Å². The molecule has 2 N–H and O–H groups in total. The summed E-state index contributed by atoms with van der Waals surface area (Å²) < 4.78 is 5.50. The number of hydrogen-bond donors (Lipinski definition) is 2. The lowest BCUT2D eigenvalue weighted by Gasteiger charge is -2.37. The summed E-state index contributed by atoms with van der Waals surface area (Å²) >= 11 is 0. The second kappa shape index (κ2) is 7.30. The second-order valence-corrected chi connectivity index (χ2v) is 6.80. The van der Waals surface area contributed by atoms with E-state index in [9.17, 15) is 14.7 Å². The van der Waals surface area contributed by atoms with Crippen LogP contribution in [0.2, 0.25) is 0 Å². The van der Waals surface area contributed by atoms with Crippen molar-refractivity contribution in [2.45, 2.75) is 32.1 Å². The van der Waals surface area contributed by atoms with E-state index in [0.717, 1.165) is 16.7 Å². The molecule has 1 aliphatic heterocycles. The fourth-order valence-electron chi connectivity index (χ4n) is 3.58. The highest BCUT2D eigenvalue weighted by atomic mass is 16.5. The number of anilines is 1. The number of carboxylic acids is 1. The Bertz CT molecular complexity index is 838. The van der Waals surface area contributed by atoms with Gasteiger partial charge in [0, 0.05) is 18.9 Å². The molecule has 0 radical (unpaired) electrons. The molecule has 5 heteroatoms. The van der Waals surface area contributed by atoms with Crippen molar-refractivity contribution >= 4 is 17.6 Å². The lowest BCUT2D eigenvalue weighted by Crippen LogP contribution is -2.45. The van der Waals surface area contributed by atoms with Gasteiger partial charge in [-0.25, -0.2) is 4.79 Å². The fraction of sp³-hybridized carbons (Fsp3) is 0.333. The molecule has 0 unspecified atom stereocenters. The van der Waals surface area contributed by atoms with E-state index in [4.69, 9.17) is 4.74 Å². The molecule has 26 heavy (non-hydrogen) atoms. The van der Waals surface area contributed by atoms with Gasteiger partial charge in [0.25, 0.3) is 0 Å². The maximum Gasteiger partial charge on any atom is 0.335 e. The summed E-state index contributed by atoms with van der Waals surface area (Å²) in [5.74, 6) is -1.12. The van der Waals surface area contributed by atoms with Crippen molar-refractivity contribution in [2.24, 2.45) is 0 Å². The number of aryl methyl sites for hydroxylation is 2. The van der Waals surface area contributed by atoms with Gasteiger partial charge < -0.3 is 15.2 Å². The zero-order valence-electron chi connectivity index (χ0n) is 15.0. The molecular formula is C21H23NO4. The van der Waals surface area contributed by atoms with Crippen LogP contribution < -0.4 is 5.32 Å². The Kier molecular flexibility index (Phi) is 5.09. The smallest absolute Gasteiger partial charge is 0.335 e. The molecule has 0 aromatic heterocycles. The Morgan fingerprint density at radius 1 is 1.04 bits per heavy atom. The summed E-state index contributed by atoms with van der Waals surface area (Å²) in [5.41, 5.74) is 2.93. The third-order valence-electron chi connectivity index (χ3n) is 5.17. The molecule has 0 aliphatic carbocycles. The van der Waals surface area contributed by atoms with Crippen LogP contribution in [0.4, 0.5) is 5.69 Å². The molecule has 5 nitrogen and oxygen atoms in total. The van der Waals surface area contributed by atoms with E-state index in [-0.39, 0.29) is 11.5 Å². The van der Waals surface area contributed by atoms with Gasteiger partial charge in [0.1, 0.15) is 0 Å². The first kappa shape index (κ1) is 18.1.